The summed E-state index contributed by atoms with van der Waals surface area (Å²) in [5, 5.41) is 0. The van der Waals surface area contributed by atoms with Crippen LogP contribution in [-0.2, 0) is 10.0 Å². The molecule has 1 fully saturated rings. The summed E-state index contributed by atoms with van der Waals surface area (Å²) in [6.07, 6.45) is 0. The van der Waals surface area contributed by atoms with Crippen LogP contribution in [0.5, 0.6) is 0 Å². The lowest BCUT2D eigenvalue weighted by molar-refractivity contribution is 0.113. The van der Waals surface area contributed by atoms with Gasteiger partial charge in [0.25, 0.3) is 0 Å². The number of sulfonamides is 1. The number of likely N-dealkylation sites (N-methyl/N-ethyl adjacent to an activating group) is 1. The largest absolute Gasteiger partial charge is 0.304 e. The van der Waals surface area contributed by atoms with Crippen LogP contribution in [0, 0.1) is 5.82 Å². The zero-order chi connectivity index (χ0) is 19.4. The van der Waals surface area contributed by atoms with Crippen molar-refractivity contribution in [1.29, 1.82) is 0 Å². The third kappa shape index (κ3) is 5.36. The van der Waals surface area contributed by atoms with Crippen molar-refractivity contribution >= 4 is 26.0 Å². The van der Waals surface area contributed by atoms with Crippen molar-refractivity contribution in [2.75, 3.05) is 39.8 Å². The maximum Gasteiger partial charge on any atom is 0.240 e. The van der Waals surface area contributed by atoms with E-state index in [0.29, 0.717) is 0 Å². The Labute approximate surface area is 168 Å². The predicted molar refractivity (Wildman–Crippen MR) is 108 cm³/mol. The lowest BCUT2D eigenvalue weighted by atomic mass is 10.0. The zero-order valence-corrected chi connectivity index (χ0v) is 17.5. The molecule has 1 aliphatic heterocycles. The summed E-state index contributed by atoms with van der Waals surface area (Å²) in [5.74, 6) is -0.300. The van der Waals surface area contributed by atoms with Crippen LogP contribution in [0.2, 0.25) is 0 Å². The van der Waals surface area contributed by atoms with Crippen molar-refractivity contribution in [2.24, 2.45) is 0 Å². The summed E-state index contributed by atoms with van der Waals surface area (Å²) in [6, 6.07) is 12.7. The molecule has 27 heavy (non-hydrogen) atoms. The van der Waals surface area contributed by atoms with Gasteiger partial charge in [-0.2, -0.15) is 0 Å². The number of nitrogens with one attached hydrogen (secondary N) is 1. The van der Waals surface area contributed by atoms with Gasteiger partial charge in [-0.05, 0) is 49.0 Å². The molecular weight excluding hydrogens is 433 g/mol. The molecule has 1 heterocycles. The topological polar surface area (TPSA) is 52.6 Å². The van der Waals surface area contributed by atoms with Crippen LogP contribution in [0.3, 0.4) is 0 Å². The molecule has 3 rings (SSSR count). The summed E-state index contributed by atoms with van der Waals surface area (Å²) in [5.41, 5.74) is 0.902. The van der Waals surface area contributed by atoms with Crippen LogP contribution in [-0.4, -0.2) is 58.0 Å². The van der Waals surface area contributed by atoms with E-state index in [1.54, 1.807) is 36.4 Å². The number of halogens is 2. The quantitative estimate of drug-likeness (QED) is 0.727. The lowest BCUT2D eigenvalue weighted by Crippen LogP contribution is -2.48. The van der Waals surface area contributed by atoms with Gasteiger partial charge in [0, 0.05) is 43.2 Å². The van der Waals surface area contributed by atoms with Gasteiger partial charge in [0.1, 0.15) is 5.82 Å². The summed E-state index contributed by atoms with van der Waals surface area (Å²) in [4.78, 5) is 4.71. The van der Waals surface area contributed by atoms with Crippen molar-refractivity contribution in [3.63, 3.8) is 0 Å². The maximum absolute atomic E-state index is 13.3. The fourth-order valence-electron chi connectivity index (χ4n) is 3.16. The fourth-order valence-corrected chi connectivity index (χ4v) is 4.46. The number of benzene rings is 2. The summed E-state index contributed by atoms with van der Waals surface area (Å²) in [6.45, 7) is 3.72. The van der Waals surface area contributed by atoms with Gasteiger partial charge < -0.3 is 4.90 Å². The molecule has 2 aromatic rings. The van der Waals surface area contributed by atoms with E-state index in [0.717, 1.165) is 36.2 Å². The van der Waals surface area contributed by atoms with E-state index in [1.807, 2.05) is 0 Å². The van der Waals surface area contributed by atoms with Gasteiger partial charge >= 0.3 is 0 Å². The van der Waals surface area contributed by atoms with Gasteiger partial charge in [-0.15, -0.1) is 0 Å². The Hall–Kier alpha value is -1.32. The van der Waals surface area contributed by atoms with E-state index in [2.05, 4.69) is 37.5 Å². The molecule has 0 saturated carbocycles. The highest BCUT2D eigenvalue weighted by molar-refractivity contribution is 9.10. The molecule has 0 amide bonds. The molecule has 0 unspecified atom stereocenters. The van der Waals surface area contributed by atoms with E-state index in [1.165, 1.54) is 12.1 Å². The molecular formula is C19H23BrFN3O2S. The first-order valence-electron chi connectivity index (χ1n) is 8.78. The van der Waals surface area contributed by atoms with Crippen molar-refractivity contribution < 1.29 is 12.8 Å². The first kappa shape index (κ1) is 20.4. The second-order valence-corrected chi connectivity index (χ2v) is 9.40. The smallest absolute Gasteiger partial charge is 0.240 e. The average Bonchev–Trinajstić information content (AvgIpc) is 2.65. The van der Waals surface area contributed by atoms with Crippen LogP contribution < -0.4 is 4.72 Å². The minimum atomic E-state index is -3.62. The van der Waals surface area contributed by atoms with Gasteiger partial charge in [-0.25, -0.2) is 17.5 Å². The number of piperazine rings is 1. The van der Waals surface area contributed by atoms with E-state index in [4.69, 9.17) is 0 Å². The highest BCUT2D eigenvalue weighted by Gasteiger charge is 2.26. The van der Waals surface area contributed by atoms with Gasteiger partial charge in [-0.1, -0.05) is 28.1 Å². The summed E-state index contributed by atoms with van der Waals surface area (Å²) >= 11 is 3.31. The highest BCUT2D eigenvalue weighted by atomic mass is 79.9. The minimum absolute atomic E-state index is 0.149. The van der Waals surface area contributed by atoms with Crippen LogP contribution in [0.15, 0.2) is 57.9 Å². The SMILES string of the molecule is CN1CCN([C@@H](CNS(=O)(=O)c2ccc(Br)cc2)c2ccc(F)cc2)CC1. The van der Waals surface area contributed by atoms with Crippen LogP contribution in [0.25, 0.3) is 0 Å². The van der Waals surface area contributed by atoms with Crippen LogP contribution >= 0.6 is 15.9 Å². The number of hydrogen-bond donors (Lipinski definition) is 1. The molecule has 1 atom stereocenters. The second kappa shape index (κ2) is 8.79. The van der Waals surface area contributed by atoms with Crippen molar-refractivity contribution in [2.45, 2.75) is 10.9 Å². The molecule has 0 spiro atoms. The Bertz CT molecular complexity index is 852. The Morgan fingerprint density at radius 2 is 1.63 bits per heavy atom. The molecule has 2 aromatic carbocycles. The first-order chi connectivity index (χ1) is 12.8. The first-order valence-corrected chi connectivity index (χ1v) is 11.1. The predicted octanol–water partition coefficient (Wildman–Crippen LogP) is 2.86. The molecule has 8 heteroatoms. The van der Waals surface area contributed by atoms with Crippen molar-refractivity contribution in [3.8, 4) is 0 Å². The molecule has 0 bridgehead atoms. The van der Waals surface area contributed by atoms with E-state index in [9.17, 15) is 12.8 Å². The summed E-state index contributed by atoms with van der Waals surface area (Å²) < 4.78 is 42.2. The molecule has 0 radical (unpaired) electrons. The van der Waals surface area contributed by atoms with E-state index >= 15 is 0 Å². The van der Waals surface area contributed by atoms with E-state index in [-0.39, 0.29) is 23.3 Å². The molecule has 0 aromatic heterocycles. The number of nitrogens with zero attached hydrogens (tertiary/aromatic N) is 2. The van der Waals surface area contributed by atoms with Crippen molar-refractivity contribution in [1.82, 2.24) is 14.5 Å². The Morgan fingerprint density at radius 1 is 1.04 bits per heavy atom. The monoisotopic (exact) mass is 455 g/mol. The van der Waals surface area contributed by atoms with E-state index < -0.39 is 10.0 Å². The maximum atomic E-state index is 13.3. The number of rotatable bonds is 6. The van der Waals surface area contributed by atoms with Gasteiger partial charge in [0.05, 0.1) is 4.90 Å². The molecule has 5 nitrogen and oxygen atoms in total. The fraction of sp³-hybridized carbons (Fsp3) is 0.368. The Balaban J connectivity index is 1.78. The van der Waals surface area contributed by atoms with Crippen molar-refractivity contribution in [3.05, 3.63) is 64.4 Å². The molecule has 1 N–H and O–H groups in total. The van der Waals surface area contributed by atoms with Gasteiger partial charge in [0.2, 0.25) is 10.0 Å². The average molecular weight is 456 g/mol. The lowest BCUT2D eigenvalue weighted by Gasteiger charge is -2.38. The van der Waals surface area contributed by atoms with Gasteiger partial charge in [-0.3, -0.25) is 4.90 Å². The molecule has 146 valence electrons. The van der Waals surface area contributed by atoms with Crippen LogP contribution in [0.1, 0.15) is 11.6 Å². The van der Waals surface area contributed by atoms with Gasteiger partial charge in [0.15, 0.2) is 0 Å². The molecule has 1 aliphatic rings. The summed E-state index contributed by atoms with van der Waals surface area (Å²) in [7, 11) is -1.55. The minimum Gasteiger partial charge on any atom is -0.304 e. The Morgan fingerprint density at radius 3 is 2.22 bits per heavy atom. The standard InChI is InChI=1S/C19H23BrFN3O2S/c1-23-10-12-24(13-11-23)19(15-2-6-17(21)7-3-15)14-22-27(25,26)18-8-4-16(20)5-9-18/h2-9,19,22H,10-14H2,1H3/t19-/m0/s1. The normalized spacial score (nSPS) is 17.7. The second-order valence-electron chi connectivity index (χ2n) is 6.71. The number of hydrogen-bond acceptors (Lipinski definition) is 4. The molecule has 0 aliphatic carbocycles. The Kier molecular flexibility index (Phi) is 6.65. The molecule has 1 saturated heterocycles. The zero-order valence-electron chi connectivity index (χ0n) is 15.1. The third-order valence-electron chi connectivity index (χ3n) is 4.82. The third-order valence-corrected chi connectivity index (χ3v) is 6.79. The highest BCUT2D eigenvalue weighted by Crippen LogP contribution is 2.23. The van der Waals surface area contributed by atoms with Crippen LogP contribution in [0.4, 0.5) is 4.39 Å².